The van der Waals surface area contributed by atoms with E-state index in [0.29, 0.717) is 5.39 Å². The fraction of sp³-hybridized carbons (Fsp3) is 0.0588. The molecule has 0 saturated carbocycles. The lowest BCUT2D eigenvalue weighted by atomic mass is 10.1. The fourth-order valence-electron chi connectivity index (χ4n) is 2.83. The number of rotatable bonds is 1. The van der Waals surface area contributed by atoms with Crippen LogP contribution in [0.2, 0.25) is 0 Å². The number of H-pyrrole nitrogens is 1. The van der Waals surface area contributed by atoms with Gasteiger partial charge in [0.1, 0.15) is 0 Å². The zero-order chi connectivity index (χ0) is 15.3. The summed E-state index contributed by atoms with van der Waals surface area (Å²) in [6.45, 7) is 1.86. The summed E-state index contributed by atoms with van der Waals surface area (Å²) in [5, 5.41) is 6.21. The smallest absolute Gasteiger partial charge is 0.259 e. The molecule has 5 heteroatoms. The van der Waals surface area contributed by atoms with Crippen LogP contribution < -0.4 is 5.56 Å². The Labute approximate surface area is 134 Å². The van der Waals surface area contributed by atoms with Gasteiger partial charge in [-0.05, 0) is 41.1 Å². The van der Waals surface area contributed by atoms with E-state index >= 15 is 0 Å². The average Bonchev–Trinajstić information content (AvgIpc) is 2.86. The van der Waals surface area contributed by atoms with Crippen LogP contribution in [-0.4, -0.2) is 14.8 Å². The molecule has 4 rings (SSSR count). The number of nitrogens with one attached hydrogen (secondary N) is 1. The maximum absolute atomic E-state index is 12.4. The second-order valence-corrected chi connectivity index (χ2v) is 6.03. The molecule has 4 aromatic rings. The first-order valence-corrected chi connectivity index (χ1v) is 7.71. The van der Waals surface area contributed by atoms with E-state index in [1.54, 1.807) is 0 Å². The lowest BCUT2D eigenvalue weighted by Crippen LogP contribution is -2.07. The van der Waals surface area contributed by atoms with Crippen LogP contribution in [0.5, 0.6) is 0 Å². The van der Waals surface area contributed by atoms with Crippen molar-refractivity contribution in [2.24, 2.45) is 0 Å². The van der Waals surface area contributed by atoms with Crippen molar-refractivity contribution in [2.75, 3.05) is 0 Å². The van der Waals surface area contributed by atoms with Gasteiger partial charge in [0.05, 0.1) is 27.8 Å². The largest absolute Gasteiger partial charge is 0.321 e. The van der Waals surface area contributed by atoms with Crippen molar-refractivity contribution in [3.05, 3.63) is 69.1 Å². The number of hydrogen-bond donors (Lipinski definition) is 1. The molecule has 1 N–H and O–H groups in total. The van der Waals surface area contributed by atoms with Crippen molar-refractivity contribution in [2.45, 2.75) is 6.92 Å². The summed E-state index contributed by atoms with van der Waals surface area (Å²) in [7, 11) is 0. The van der Waals surface area contributed by atoms with Crippen molar-refractivity contribution < 1.29 is 0 Å². The molecule has 0 aliphatic carbocycles. The van der Waals surface area contributed by atoms with E-state index in [-0.39, 0.29) is 5.56 Å². The number of hydrogen-bond acceptors (Lipinski definition) is 2. The average molecular weight is 354 g/mol. The standard InChI is InChI=1S/C17H12BrN3O/c1-10-15-16(11-6-2-4-8-13(11)19-17(15)22)21(20-10)14-9-5-3-7-12(14)18/h2-9H,1H3,(H,19,22). The van der Waals surface area contributed by atoms with Crippen molar-refractivity contribution >= 4 is 37.7 Å². The minimum atomic E-state index is -0.107. The number of fused-ring (bicyclic) bond motifs is 3. The monoisotopic (exact) mass is 353 g/mol. The van der Waals surface area contributed by atoms with E-state index < -0.39 is 0 Å². The molecule has 0 amide bonds. The number of aryl methyl sites for hydroxylation is 1. The third kappa shape index (κ3) is 1.82. The first-order chi connectivity index (χ1) is 10.7. The molecule has 0 aliphatic rings. The molecule has 2 aromatic carbocycles. The highest BCUT2D eigenvalue weighted by Crippen LogP contribution is 2.28. The number of aromatic amines is 1. The first-order valence-electron chi connectivity index (χ1n) is 6.92. The predicted molar refractivity (Wildman–Crippen MR) is 91.6 cm³/mol. The molecule has 0 radical (unpaired) electrons. The van der Waals surface area contributed by atoms with E-state index in [1.165, 1.54) is 0 Å². The van der Waals surface area contributed by atoms with E-state index in [0.717, 1.165) is 32.3 Å². The second kappa shape index (κ2) is 4.81. The highest BCUT2D eigenvalue weighted by molar-refractivity contribution is 9.10. The van der Waals surface area contributed by atoms with E-state index in [4.69, 9.17) is 0 Å². The van der Waals surface area contributed by atoms with Gasteiger partial charge in [-0.25, -0.2) is 4.68 Å². The number of halogens is 1. The van der Waals surface area contributed by atoms with Crippen LogP contribution in [0.25, 0.3) is 27.5 Å². The van der Waals surface area contributed by atoms with Crippen LogP contribution >= 0.6 is 15.9 Å². The molecule has 22 heavy (non-hydrogen) atoms. The summed E-state index contributed by atoms with van der Waals surface area (Å²) in [6.07, 6.45) is 0. The van der Waals surface area contributed by atoms with Crippen LogP contribution in [0.4, 0.5) is 0 Å². The van der Waals surface area contributed by atoms with Crippen molar-refractivity contribution in [3.8, 4) is 5.69 Å². The summed E-state index contributed by atoms with van der Waals surface area (Å²) >= 11 is 3.56. The van der Waals surface area contributed by atoms with E-state index in [9.17, 15) is 4.79 Å². The minimum Gasteiger partial charge on any atom is -0.321 e. The zero-order valence-corrected chi connectivity index (χ0v) is 13.4. The Kier molecular flexibility index (Phi) is 2.90. The summed E-state index contributed by atoms with van der Waals surface area (Å²) in [6, 6.07) is 15.6. The first kappa shape index (κ1) is 13.3. The fourth-order valence-corrected chi connectivity index (χ4v) is 3.28. The molecule has 0 aliphatic heterocycles. The van der Waals surface area contributed by atoms with Gasteiger partial charge in [-0.3, -0.25) is 4.79 Å². The quantitative estimate of drug-likeness (QED) is 0.563. The molecule has 2 heterocycles. The highest BCUT2D eigenvalue weighted by Gasteiger charge is 2.16. The van der Waals surface area contributed by atoms with E-state index in [1.807, 2.05) is 60.1 Å². The molecule has 0 unspecified atom stereocenters. The van der Waals surface area contributed by atoms with Gasteiger partial charge in [0.25, 0.3) is 5.56 Å². The maximum atomic E-state index is 12.4. The lowest BCUT2D eigenvalue weighted by Gasteiger charge is -2.07. The number of nitrogens with zero attached hydrogens (tertiary/aromatic N) is 2. The molecule has 0 bridgehead atoms. The van der Waals surface area contributed by atoms with Crippen LogP contribution in [0.3, 0.4) is 0 Å². The number of benzene rings is 2. The third-order valence-electron chi connectivity index (χ3n) is 3.80. The molecular weight excluding hydrogens is 342 g/mol. The van der Waals surface area contributed by atoms with Gasteiger partial charge in [-0.15, -0.1) is 0 Å². The zero-order valence-electron chi connectivity index (χ0n) is 11.8. The van der Waals surface area contributed by atoms with Crippen molar-refractivity contribution in [1.82, 2.24) is 14.8 Å². The van der Waals surface area contributed by atoms with Crippen LogP contribution in [0.15, 0.2) is 57.8 Å². The Balaban J connectivity index is 2.26. The van der Waals surface area contributed by atoms with Gasteiger partial charge in [0.15, 0.2) is 0 Å². The predicted octanol–water partition coefficient (Wildman–Crippen LogP) is 3.94. The number of para-hydroxylation sites is 2. The molecule has 0 fully saturated rings. The third-order valence-corrected chi connectivity index (χ3v) is 4.47. The van der Waals surface area contributed by atoms with Crippen molar-refractivity contribution in [3.63, 3.8) is 0 Å². The van der Waals surface area contributed by atoms with Gasteiger partial charge < -0.3 is 4.98 Å². The minimum absolute atomic E-state index is 0.107. The molecule has 2 aromatic heterocycles. The molecule has 0 atom stereocenters. The Morgan fingerprint density at radius 1 is 1.09 bits per heavy atom. The highest BCUT2D eigenvalue weighted by atomic mass is 79.9. The lowest BCUT2D eigenvalue weighted by molar-refractivity contribution is 0.887. The van der Waals surface area contributed by atoms with Crippen LogP contribution in [-0.2, 0) is 0 Å². The summed E-state index contributed by atoms with van der Waals surface area (Å²) in [5.41, 5.74) is 3.18. The Morgan fingerprint density at radius 3 is 2.64 bits per heavy atom. The second-order valence-electron chi connectivity index (χ2n) is 5.17. The maximum Gasteiger partial charge on any atom is 0.259 e. The number of aromatic nitrogens is 3. The molecule has 0 saturated heterocycles. The van der Waals surface area contributed by atoms with Gasteiger partial charge >= 0.3 is 0 Å². The topological polar surface area (TPSA) is 50.7 Å². The SMILES string of the molecule is Cc1nn(-c2ccccc2Br)c2c1c(=O)[nH]c1ccccc12. The van der Waals surface area contributed by atoms with Gasteiger partial charge in [-0.1, -0.05) is 30.3 Å². The van der Waals surface area contributed by atoms with Gasteiger partial charge in [0, 0.05) is 9.86 Å². The normalized spacial score (nSPS) is 11.4. The van der Waals surface area contributed by atoms with Gasteiger partial charge in [0.2, 0.25) is 0 Å². The Morgan fingerprint density at radius 2 is 1.82 bits per heavy atom. The summed E-state index contributed by atoms with van der Waals surface area (Å²) < 4.78 is 2.77. The van der Waals surface area contributed by atoms with E-state index in [2.05, 4.69) is 26.0 Å². The van der Waals surface area contributed by atoms with Crippen molar-refractivity contribution in [1.29, 1.82) is 0 Å². The molecule has 4 nitrogen and oxygen atoms in total. The van der Waals surface area contributed by atoms with Crippen LogP contribution in [0.1, 0.15) is 5.69 Å². The van der Waals surface area contributed by atoms with Gasteiger partial charge in [-0.2, -0.15) is 5.10 Å². The summed E-state index contributed by atoms with van der Waals surface area (Å²) in [4.78, 5) is 15.4. The molecule has 108 valence electrons. The Hall–Kier alpha value is -2.40. The summed E-state index contributed by atoms with van der Waals surface area (Å²) in [5.74, 6) is 0. The molecular formula is C17H12BrN3O. The number of pyridine rings is 1. The Bertz CT molecular complexity index is 1080. The van der Waals surface area contributed by atoms with Crippen LogP contribution in [0, 0.1) is 6.92 Å². The molecule has 0 spiro atoms.